The highest BCUT2D eigenvalue weighted by molar-refractivity contribution is 7.84. The molecule has 0 spiro atoms. The van der Waals surface area contributed by atoms with Gasteiger partial charge in [-0.15, -0.1) is 0 Å². The predicted molar refractivity (Wildman–Crippen MR) is 72.7 cm³/mol. The summed E-state index contributed by atoms with van der Waals surface area (Å²) in [6.07, 6.45) is -1.14. The van der Waals surface area contributed by atoms with E-state index >= 15 is 0 Å². The number of para-hydroxylation sites is 1. The average Bonchev–Trinajstić information content (AvgIpc) is 2.62. The monoisotopic (exact) mass is 302 g/mol. The lowest BCUT2D eigenvalue weighted by molar-refractivity contribution is -0.148. The molecule has 8 heteroatoms. The molecule has 1 aliphatic rings. The Bertz CT molecular complexity index is 587. The van der Waals surface area contributed by atoms with Crippen molar-refractivity contribution in [3.05, 3.63) is 29.8 Å². The molecule has 0 bridgehead atoms. The van der Waals surface area contributed by atoms with Crippen LogP contribution in [0.3, 0.4) is 0 Å². The van der Waals surface area contributed by atoms with E-state index in [0.717, 1.165) is 5.56 Å². The number of hydrogen-bond donors (Lipinski definition) is 2. The molecule has 0 saturated carbocycles. The Morgan fingerprint density at radius 1 is 1.30 bits per heavy atom. The predicted octanol–water partition coefficient (Wildman–Crippen LogP) is 0.682. The molecule has 20 heavy (non-hydrogen) atoms. The summed E-state index contributed by atoms with van der Waals surface area (Å²) in [6, 6.07) is 7.16. The fourth-order valence-corrected chi connectivity index (χ4v) is 2.48. The van der Waals surface area contributed by atoms with E-state index in [9.17, 15) is 8.42 Å². The van der Waals surface area contributed by atoms with Crippen LogP contribution in [0.25, 0.3) is 0 Å². The maximum atomic E-state index is 10.9. The number of nitrogen functional groups attached to an aromatic ring is 1. The van der Waals surface area contributed by atoms with Crippen LogP contribution in [0.5, 0.6) is 0 Å². The van der Waals surface area contributed by atoms with Crippen LogP contribution in [0.2, 0.25) is 0 Å². The highest BCUT2D eigenvalue weighted by Gasteiger charge is 2.43. The second-order valence-electron chi connectivity index (χ2n) is 5.00. The summed E-state index contributed by atoms with van der Waals surface area (Å²) in [5.74, 6) is -0.862. The van der Waals surface area contributed by atoms with Gasteiger partial charge in [0.05, 0.1) is 6.61 Å². The van der Waals surface area contributed by atoms with Crippen LogP contribution in [-0.4, -0.2) is 26.9 Å². The van der Waals surface area contributed by atoms with Crippen molar-refractivity contribution >= 4 is 16.0 Å². The lowest BCUT2D eigenvalue weighted by Crippen LogP contribution is -2.28. The molecule has 2 rings (SSSR count). The molecule has 1 aliphatic heterocycles. The Labute approximate surface area is 118 Å². The molecule has 0 unspecified atom stereocenters. The summed E-state index contributed by atoms with van der Waals surface area (Å²) in [7, 11) is -4.03. The van der Waals surface area contributed by atoms with Crippen molar-refractivity contribution in [2.75, 3.05) is 12.3 Å². The Balaban J connectivity index is 2.23. The van der Waals surface area contributed by atoms with E-state index in [1.54, 1.807) is 32.0 Å². The first-order valence-electron chi connectivity index (χ1n) is 6.05. The van der Waals surface area contributed by atoms with Crippen LogP contribution in [-0.2, 0) is 24.0 Å². The van der Waals surface area contributed by atoms with Gasteiger partial charge in [0, 0.05) is 11.3 Å². The number of anilines is 1. The molecule has 1 saturated heterocycles. The van der Waals surface area contributed by atoms with Gasteiger partial charge in [-0.1, -0.05) is 18.2 Å². The van der Waals surface area contributed by atoms with Crippen molar-refractivity contribution in [3.8, 4) is 0 Å². The number of hydrogen-bond acceptors (Lipinski definition) is 6. The van der Waals surface area contributed by atoms with Crippen molar-refractivity contribution in [1.82, 2.24) is 0 Å². The highest BCUT2D eigenvalue weighted by Crippen LogP contribution is 2.40. The molecular weight excluding hydrogens is 284 g/mol. The van der Waals surface area contributed by atoms with Gasteiger partial charge >= 0.3 is 10.3 Å². The summed E-state index contributed by atoms with van der Waals surface area (Å²) in [5, 5.41) is 4.82. The summed E-state index contributed by atoms with van der Waals surface area (Å²) < 4.78 is 37.8. The van der Waals surface area contributed by atoms with Gasteiger partial charge < -0.3 is 15.2 Å². The molecule has 0 radical (unpaired) electrons. The van der Waals surface area contributed by atoms with Gasteiger partial charge in [0.25, 0.3) is 0 Å². The lowest BCUT2D eigenvalue weighted by atomic mass is 10.0. The summed E-state index contributed by atoms with van der Waals surface area (Å²) in [4.78, 5) is 0. The standard InChI is InChI=1S/C12H18N2O5S/c1-12(2)18-10(7-17-20(14,15)16)11(19-12)8-5-3-4-6-9(8)13/h3-6,10-11H,7,13H2,1-2H3,(H2,14,15,16)/t10-,11-/m1/s1. The fraction of sp³-hybridized carbons (Fsp3) is 0.500. The molecule has 4 N–H and O–H groups in total. The van der Waals surface area contributed by atoms with Gasteiger partial charge in [-0.3, -0.25) is 4.18 Å². The van der Waals surface area contributed by atoms with Crippen LogP contribution >= 0.6 is 0 Å². The number of rotatable bonds is 4. The van der Waals surface area contributed by atoms with Gasteiger partial charge in [-0.05, 0) is 19.9 Å². The Kier molecular flexibility index (Phi) is 4.03. The second-order valence-corrected chi connectivity index (χ2v) is 6.22. The highest BCUT2D eigenvalue weighted by atomic mass is 32.2. The number of benzene rings is 1. The van der Waals surface area contributed by atoms with Crippen LogP contribution < -0.4 is 10.9 Å². The minimum Gasteiger partial charge on any atom is -0.398 e. The number of ether oxygens (including phenoxy) is 2. The maximum absolute atomic E-state index is 10.9. The lowest BCUT2D eigenvalue weighted by Gasteiger charge is -2.18. The molecule has 7 nitrogen and oxygen atoms in total. The third-order valence-electron chi connectivity index (χ3n) is 2.88. The van der Waals surface area contributed by atoms with Gasteiger partial charge in [-0.2, -0.15) is 8.42 Å². The molecule has 1 heterocycles. The quantitative estimate of drug-likeness (QED) is 0.791. The van der Waals surface area contributed by atoms with Gasteiger partial charge in [-0.25, -0.2) is 5.14 Å². The van der Waals surface area contributed by atoms with E-state index in [-0.39, 0.29) is 6.61 Å². The molecule has 0 aromatic heterocycles. The van der Waals surface area contributed by atoms with E-state index in [1.165, 1.54) is 0 Å². The zero-order valence-corrected chi connectivity index (χ0v) is 12.1. The van der Waals surface area contributed by atoms with Crippen molar-refractivity contribution in [2.45, 2.75) is 31.8 Å². The minimum absolute atomic E-state index is 0.235. The van der Waals surface area contributed by atoms with Crippen LogP contribution in [0.1, 0.15) is 25.5 Å². The average molecular weight is 302 g/mol. The van der Waals surface area contributed by atoms with E-state index < -0.39 is 28.3 Å². The largest absolute Gasteiger partial charge is 0.398 e. The summed E-state index contributed by atoms with van der Waals surface area (Å²) >= 11 is 0. The first-order valence-corrected chi connectivity index (χ1v) is 7.52. The molecule has 112 valence electrons. The van der Waals surface area contributed by atoms with Crippen molar-refractivity contribution in [1.29, 1.82) is 0 Å². The van der Waals surface area contributed by atoms with Crippen LogP contribution in [0.15, 0.2) is 24.3 Å². The molecule has 0 amide bonds. The Morgan fingerprint density at radius 3 is 2.55 bits per heavy atom. The Morgan fingerprint density at radius 2 is 1.95 bits per heavy atom. The minimum atomic E-state index is -4.03. The van der Waals surface area contributed by atoms with E-state index in [1.807, 2.05) is 6.07 Å². The van der Waals surface area contributed by atoms with Gasteiger partial charge in [0.15, 0.2) is 5.79 Å². The van der Waals surface area contributed by atoms with Crippen LogP contribution in [0, 0.1) is 0 Å². The van der Waals surface area contributed by atoms with Gasteiger partial charge in [0.2, 0.25) is 0 Å². The fourth-order valence-electron chi connectivity index (χ4n) is 2.15. The van der Waals surface area contributed by atoms with Crippen molar-refractivity contribution in [2.24, 2.45) is 5.14 Å². The molecule has 1 aromatic carbocycles. The van der Waals surface area contributed by atoms with E-state index in [4.69, 9.17) is 20.3 Å². The van der Waals surface area contributed by atoms with Crippen LogP contribution in [0.4, 0.5) is 5.69 Å². The Hall–Kier alpha value is -1.19. The smallest absolute Gasteiger partial charge is 0.333 e. The van der Waals surface area contributed by atoms with Crippen molar-refractivity contribution in [3.63, 3.8) is 0 Å². The third-order valence-corrected chi connectivity index (χ3v) is 3.35. The SMILES string of the molecule is CC1(C)O[C@H](c2ccccc2N)[C@@H](COS(N)(=O)=O)O1. The van der Waals surface area contributed by atoms with E-state index in [2.05, 4.69) is 4.18 Å². The topological polar surface area (TPSA) is 114 Å². The summed E-state index contributed by atoms with van der Waals surface area (Å²) in [6.45, 7) is 3.23. The normalized spacial score (nSPS) is 25.8. The molecule has 1 aromatic rings. The molecule has 0 aliphatic carbocycles. The maximum Gasteiger partial charge on any atom is 0.333 e. The zero-order valence-electron chi connectivity index (χ0n) is 11.3. The van der Waals surface area contributed by atoms with Gasteiger partial charge in [0.1, 0.15) is 12.2 Å². The molecular formula is C12H18N2O5S. The van der Waals surface area contributed by atoms with E-state index in [0.29, 0.717) is 5.69 Å². The first kappa shape index (κ1) is 15.2. The second kappa shape index (κ2) is 5.30. The van der Waals surface area contributed by atoms with Crippen molar-refractivity contribution < 1.29 is 22.1 Å². The molecule has 2 atom stereocenters. The first-order chi connectivity index (χ1) is 9.18. The third kappa shape index (κ3) is 3.68. The zero-order chi connectivity index (χ0) is 15.0. The summed E-state index contributed by atoms with van der Waals surface area (Å²) in [5.41, 5.74) is 7.18. The molecule has 1 fully saturated rings. The number of nitrogens with two attached hydrogens (primary N) is 2.